The molecule has 1 rings (SSSR count). The van der Waals surface area contributed by atoms with E-state index in [0.717, 1.165) is 13.2 Å². The fraction of sp³-hybridized carbons (Fsp3) is 1.00. The van der Waals surface area contributed by atoms with E-state index in [1.807, 2.05) is 0 Å². The topological polar surface area (TPSA) is 24.5 Å². The van der Waals surface area contributed by atoms with Gasteiger partial charge in [-0.25, -0.2) is 0 Å². The van der Waals surface area contributed by atoms with Crippen LogP contribution in [0.3, 0.4) is 0 Å². The molecule has 16 heavy (non-hydrogen) atoms. The molecule has 0 heterocycles. The number of ether oxygens (including phenoxy) is 1. The summed E-state index contributed by atoms with van der Waals surface area (Å²) in [4.78, 5) is 2.32. The van der Waals surface area contributed by atoms with Crippen molar-refractivity contribution in [1.82, 2.24) is 10.2 Å². The average Bonchev–Trinajstić information content (AvgIpc) is 2.85. The molecule has 1 aliphatic carbocycles. The molecular weight excluding hydrogens is 200 g/mol. The molecule has 0 spiro atoms. The van der Waals surface area contributed by atoms with E-state index in [1.165, 1.54) is 12.8 Å². The summed E-state index contributed by atoms with van der Waals surface area (Å²) >= 11 is 0. The zero-order valence-corrected chi connectivity index (χ0v) is 11.8. The summed E-state index contributed by atoms with van der Waals surface area (Å²) in [6.45, 7) is 12.6. The maximum absolute atomic E-state index is 5.89. The predicted octanol–water partition coefficient (Wildman–Crippen LogP) is 2.22. The quantitative estimate of drug-likeness (QED) is 0.706. The Hall–Kier alpha value is -0.120. The fourth-order valence-electron chi connectivity index (χ4n) is 1.53. The summed E-state index contributed by atoms with van der Waals surface area (Å²) < 4.78 is 5.89. The van der Waals surface area contributed by atoms with Gasteiger partial charge in [-0.3, -0.25) is 10.2 Å². The van der Waals surface area contributed by atoms with Gasteiger partial charge in [-0.2, -0.15) is 0 Å². The number of hydrogen-bond acceptors (Lipinski definition) is 3. The van der Waals surface area contributed by atoms with Gasteiger partial charge in [-0.1, -0.05) is 0 Å². The van der Waals surface area contributed by atoms with Crippen molar-refractivity contribution in [3.05, 3.63) is 0 Å². The van der Waals surface area contributed by atoms with Crippen molar-refractivity contribution in [2.45, 2.75) is 64.8 Å². The van der Waals surface area contributed by atoms with Crippen LogP contribution in [-0.2, 0) is 4.74 Å². The van der Waals surface area contributed by atoms with E-state index in [0.29, 0.717) is 6.04 Å². The van der Waals surface area contributed by atoms with Crippen molar-refractivity contribution in [2.24, 2.45) is 0 Å². The molecule has 0 aromatic carbocycles. The van der Waals surface area contributed by atoms with E-state index >= 15 is 0 Å². The first-order valence-corrected chi connectivity index (χ1v) is 6.34. The Morgan fingerprint density at radius 1 is 1.19 bits per heavy atom. The van der Waals surface area contributed by atoms with Gasteiger partial charge < -0.3 is 4.74 Å². The van der Waals surface area contributed by atoms with Crippen LogP contribution in [0.1, 0.15) is 47.5 Å². The minimum Gasteiger partial charge on any atom is -0.360 e. The van der Waals surface area contributed by atoms with Crippen molar-refractivity contribution < 1.29 is 4.74 Å². The van der Waals surface area contributed by atoms with Gasteiger partial charge in [0.2, 0.25) is 0 Å². The van der Waals surface area contributed by atoms with Crippen LogP contribution in [0, 0.1) is 0 Å². The van der Waals surface area contributed by atoms with Crippen LogP contribution < -0.4 is 5.32 Å². The normalized spacial score (nSPS) is 18.2. The molecule has 3 nitrogen and oxygen atoms in total. The van der Waals surface area contributed by atoms with Gasteiger partial charge >= 0.3 is 0 Å². The highest BCUT2D eigenvalue weighted by Gasteiger charge is 2.29. The third kappa shape index (κ3) is 5.28. The van der Waals surface area contributed by atoms with Crippen LogP contribution in [0.15, 0.2) is 0 Å². The molecule has 0 bridgehead atoms. The lowest BCUT2D eigenvalue weighted by Crippen LogP contribution is -2.46. The van der Waals surface area contributed by atoms with Crippen LogP contribution >= 0.6 is 0 Å². The van der Waals surface area contributed by atoms with E-state index in [9.17, 15) is 0 Å². The third-order valence-electron chi connectivity index (χ3n) is 3.16. The Balaban J connectivity index is 2.18. The zero-order valence-electron chi connectivity index (χ0n) is 11.8. The number of rotatable bonds is 6. The van der Waals surface area contributed by atoms with Gasteiger partial charge in [0.15, 0.2) is 0 Å². The van der Waals surface area contributed by atoms with Gasteiger partial charge in [0.1, 0.15) is 5.72 Å². The molecule has 1 fully saturated rings. The number of nitrogens with one attached hydrogen (secondary N) is 1. The first kappa shape index (κ1) is 13.9. The molecule has 0 aliphatic heterocycles. The van der Waals surface area contributed by atoms with Crippen LogP contribution in [0.4, 0.5) is 0 Å². The zero-order chi connectivity index (χ0) is 12.4. The van der Waals surface area contributed by atoms with Gasteiger partial charge in [0.05, 0.1) is 6.61 Å². The van der Waals surface area contributed by atoms with Crippen LogP contribution in [0.25, 0.3) is 0 Å². The minimum absolute atomic E-state index is 0.181. The highest BCUT2D eigenvalue weighted by molar-refractivity contribution is 4.85. The summed E-state index contributed by atoms with van der Waals surface area (Å²) in [6.07, 6.45) is 2.60. The summed E-state index contributed by atoms with van der Waals surface area (Å²) in [5, 5.41) is 3.50. The van der Waals surface area contributed by atoms with Crippen molar-refractivity contribution >= 4 is 0 Å². The van der Waals surface area contributed by atoms with Crippen LogP contribution in [0.2, 0.25) is 0 Å². The maximum Gasteiger partial charge on any atom is 0.113 e. The van der Waals surface area contributed by atoms with E-state index in [-0.39, 0.29) is 11.3 Å². The van der Waals surface area contributed by atoms with E-state index < -0.39 is 0 Å². The standard InChI is InChI=1S/C13H28N2O/c1-12(2,3)15(6)9-10-16-13(4,5)14-11-7-8-11/h11,14H,7-10H2,1-6H3. The van der Waals surface area contributed by atoms with Gasteiger partial charge in [0, 0.05) is 18.1 Å². The van der Waals surface area contributed by atoms with E-state index in [4.69, 9.17) is 4.74 Å². The van der Waals surface area contributed by atoms with Crippen LogP contribution in [-0.4, -0.2) is 42.4 Å². The molecule has 0 radical (unpaired) electrons. The summed E-state index contributed by atoms with van der Waals surface area (Å²) in [6, 6.07) is 0.690. The lowest BCUT2D eigenvalue weighted by molar-refractivity contribution is -0.0550. The van der Waals surface area contributed by atoms with Crippen molar-refractivity contribution in [2.75, 3.05) is 20.2 Å². The first-order chi connectivity index (χ1) is 7.21. The van der Waals surface area contributed by atoms with Crippen molar-refractivity contribution in [3.63, 3.8) is 0 Å². The Kier molecular flexibility index (Phi) is 4.38. The number of nitrogens with zero attached hydrogens (tertiary/aromatic N) is 1. The largest absolute Gasteiger partial charge is 0.360 e. The average molecular weight is 228 g/mol. The van der Waals surface area contributed by atoms with Gasteiger partial charge in [-0.15, -0.1) is 0 Å². The highest BCUT2D eigenvalue weighted by Crippen LogP contribution is 2.22. The van der Waals surface area contributed by atoms with Crippen LogP contribution in [0.5, 0.6) is 0 Å². The molecule has 1 N–H and O–H groups in total. The molecule has 1 aliphatic rings. The molecule has 0 amide bonds. The summed E-state index contributed by atoms with van der Waals surface area (Å²) in [5.74, 6) is 0. The fourth-order valence-corrected chi connectivity index (χ4v) is 1.53. The molecule has 1 saturated carbocycles. The molecule has 0 aromatic heterocycles. The molecular formula is C13H28N2O. The second-order valence-corrected chi connectivity index (χ2v) is 6.37. The Morgan fingerprint density at radius 2 is 1.75 bits per heavy atom. The van der Waals surface area contributed by atoms with Crippen molar-refractivity contribution in [3.8, 4) is 0 Å². The molecule has 0 unspecified atom stereocenters. The first-order valence-electron chi connectivity index (χ1n) is 6.34. The smallest absolute Gasteiger partial charge is 0.113 e. The number of likely N-dealkylation sites (N-methyl/N-ethyl adjacent to an activating group) is 1. The van der Waals surface area contributed by atoms with Crippen molar-refractivity contribution in [1.29, 1.82) is 0 Å². The third-order valence-corrected chi connectivity index (χ3v) is 3.16. The van der Waals surface area contributed by atoms with E-state index in [1.54, 1.807) is 0 Å². The highest BCUT2D eigenvalue weighted by atomic mass is 16.5. The summed E-state index contributed by atoms with van der Waals surface area (Å²) in [5.41, 5.74) is 0.0390. The molecule has 96 valence electrons. The summed E-state index contributed by atoms with van der Waals surface area (Å²) in [7, 11) is 2.14. The molecule has 0 atom stereocenters. The Labute approximate surface area is 101 Å². The lowest BCUT2D eigenvalue weighted by Gasteiger charge is -2.33. The SMILES string of the molecule is CN(CCOC(C)(C)NC1CC1)C(C)(C)C. The Morgan fingerprint density at radius 3 is 2.19 bits per heavy atom. The maximum atomic E-state index is 5.89. The monoisotopic (exact) mass is 228 g/mol. The molecule has 0 aromatic rings. The van der Waals surface area contributed by atoms with E-state index in [2.05, 4.69) is 51.9 Å². The molecule has 3 heteroatoms. The second kappa shape index (κ2) is 5.03. The predicted molar refractivity (Wildman–Crippen MR) is 68.6 cm³/mol. The lowest BCUT2D eigenvalue weighted by atomic mass is 10.1. The Bertz CT molecular complexity index is 216. The second-order valence-electron chi connectivity index (χ2n) is 6.37. The van der Waals surface area contributed by atoms with Gasteiger partial charge in [-0.05, 0) is 54.5 Å². The number of hydrogen-bond donors (Lipinski definition) is 1. The minimum atomic E-state index is -0.181. The molecule has 0 saturated heterocycles. The van der Waals surface area contributed by atoms with Gasteiger partial charge in [0.25, 0.3) is 0 Å².